The maximum atomic E-state index is 9.82. The first kappa shape index (κ1) is 9.34. The highest BCUT2D eigenvalue weighted by Gasteiger charge is 2.12. The first-order valence-electron chi connectivity index (χ1n) is 4.21. The average molecular weight is 253 g/mol. The molecule has 0 aromatic heterocycles. The Morgan fingerprint density at radius 3 is 2.07 bits per heavy atom. The van der Waals surface area contributed by atoms with Crippen molar-refractivity contribution in [1.82, 2.24) is 0 Å². The van der Waals surface area contributed by atoms with Gasteiger partial charge in [0.05, 0.1) is 4.47 Å². The second-order valence-corrected chi connectivity index (χ2v) is 3.97. The van der Waals surface area contributed by atoms with Gasteiger partial charge in [-0.15, -0.1) is 0 Å². The number of fused-ring (bicyclic) bond motifs is 1. The molecule has 3 heteroatoms. The van der Waals surface area contributed by atoms with Crippen LogP contribution >= 0.6 is 15.9 Å². The average Bonchev–Trinajstić information content (AvgIpc) is 2.23. The quantitative estimate of drug-likeness (QED) is 0.707. The molecule has 0 unspecified atom stereocenters. The van der Waals surface area contributed by atoms with Crippen molar-refractivity contribution in [3.05, 3.63) is 34.3 Å². The molecule has 0 saturated carbocycles. The molecule has 2 rings (SSSR count). The number of rotatable bonds is 0. The Balaban J connectivity index is 3.02. The topological polar surface area (TPSA) is 40.5 Å². The molecule has 0 atom stereocenters. The molecule has 0 fully saturated rings. The second-order valence-electron chi connectivity index (χ2n) is 3.18. The Bertz CT molecular complexity index is 460. The molecule has 0 amide bonds. The largest absolute Gasteiger partial charge is 0.507 e. The summed E-state index contributed by atoms with van der Waals surface area (Å²) in [6, 6.07) is 7.20. The Kier molecular flexibility index (Phi) is 2.11. The van der Waals surface area contributed by atoms with Crippen molar-refractivity contribution in [2.45, 2.75) is 6.92 Å². The normalized spacial score (nSPS) is 10.7. The molecule has 14 heavy (non-hydrogen) atoms. The number of hydrogen-bond donors (Lipinski definition) is 2. The molecule has 2 nitrogen and oxygen atoms in total. The lowest BCUT2D eigenvalue weighted by Gasteiger charge is -2.09. The summed E-state index contributed by atoms with van der Waals surface area (Å²) in [4.78, 5) is 0. The zero-order valence-electron chi connectivity index (χ0n) is 7.58. The molecule has 0 heterocycles. The Hall–Kier alpha value is -1.22. The number of phenolic OH excluding ortho intramolecular Hbond substituents is 2. The molecular weight excluding hydrogens is 244 g/mol. The Labute approximate surface area is 89.9 Å². The third-order valence-corrected chi connectivity index (χ3v) is 3.30. The van der Waals surface area contributed by atoms with Gasteiger partial charge in [0.2, 0.25) is 0 Å². The summed E-state index contributed by atoms with van der Waals surface area (Å²) in [5.74, 6) is 0.390. The number of halogens is 1. The van der Waals surface area contributed by atoms with E-state index in [-0.39, 0.29) is 11.5 Å². The molecule has 0 saturated heterocycles. The summed E-state index contributed by atoms with van der Waals surface area (Å²) in [5.41, 5.74) is 0.654. The van der Waals surface area contributed by atoms with Crippen LogP contribution < -0.4 is 0 Å². The molecule has 0 aliphatic heterocycles. The van der Waals surface area contributed by atoms with Gasteiger partial charge in [-0.1, -0.05) is 24.3 Å². The zero-order chi connectivity index (χ0) is 10.3. The lowest BCUT2D eigenvalue weighted by molar-refractivity contribution is 0.463. The van der Waals surface area contributed by atoms with Gasteiger partial charge in [0, 0.05) is 16.3 Å². The van der Waals surface area contributed by atoms with Crippen molar-refractivity contribution in [3.63, 3.8) is 0 Å². The first-order chi connectivity index (χ1) is 6.63. The van der Waals surface area contributed by atoms with Crippen LogP contribution in [0.15, 0.2) is 28.7 Å². The van der Waals surface area contributed by atoms with Gasteiger partial charge in [0.1, 0.15) is 11.5 Å². The zero-order valence-corrected chi connectivity index (χ0v) is 9.17. The minimum Gasteiger partial charge on any atom is -0.507 e. The van der Waals surface area contributed by atoms with Crippen LogP contribution in [0.25, 0.3) is 10.8 Å². The lowest BCUT2D eigenvalue weighted by Crippen LogP contribution is -1.83. The van der Waals surface area contributed by atoms with Crippen LogP contribution in [0, 0.1) is 6.92 Å². The molecular formula is C11H9BrO2. The third-order valence-electron chi connectivity index (χ3n) is 2.33. The van der Waals surface area contributed by atoms with Gasteiger partial charge in [0.15, 0.2) is 0 Å². The summed E-state index contributed by atoms with van der Waals surface area (Å²) in [7, 11) is 0. The van der Waals surface area contributed by atoms with Gasteiger partial charge in [-0.25, -0.2) is 0 Å². The van der Waals surface area contributed by atoms with Crippen LogP contribution in [-0.2, 0) is 0 Å². The molecule has 0 bridgehead atoms. The lowest BCUT2D eigenvalue weighted by atomic mass is 10.1. The van der Waals surface area contributed by atoms with Crippen molar-refractivity contribution in [2.24, 2.45) is 0 Å². The minimum absolute atomic E-state index is 0.177. The highest BCUT2D eigenvalue weighted by molar-refractivity contribution is 9.10. The van der Waals surface area contributed by atoms with E-state index in [4.69, 9.17) is 0 Å². The highest BCUT2D eigenvalue weighted by atomic mass is 79.9. The first-order valence-corrected chi connectivity index (χ1v) is 5.01. The number of phenols is 2. The van der Waals surface area contributed by atoms with Crippen LogP contribution in [0.2, 0.25) is 0 Å². The standard InChI is InChI=1S/C11H9BrO2/c1-6-9(12)11(14)8-5-3-2-4-7(8)10(6)13/h2-5,13-14H,1H3. The molecule has 2 aromatic rings. The monoisotopic (exact) mass is 252 g/mol. The number of benzene rings is 2. The summed E-state index contributed by atoms with van der Waals surface area (Å²) in [6.07, 6.45) is 0. The SMILES string of the molecule is Cc1c(Br)c(O)c2ccccc2c1O. The fraction of sp³-hybridized carbons (Fsp3) is 0.0909. The van der Waals surface area contributed by atoms with E-state index in [1.165, 1.54) is 0 Å². The molecule has 2 aromatic carbocycles. The summed E-state index contributed by atoms with van der Waals surface area (Å²) >= 11 is 3.24. The maximum Gasteiger partial charge on any atom is 0.138 e. The number of hydrogen-bond acceptors (Lipinski definition) is 2. The van der Waals surface area contributed by atoms with Gasteiger partial charge in [0.25, 0.3) is 0 Å². The van der Waals surface area contributed by atoms with Gasteiger partial charge >= 0.3 is 0 Å². The summed E-state index contributed by atoms with van der Waals surface area (Å²) in [5, 5.41) is 21.0. The van der Waals surface area contributed by atoms with E-state index in [9.17, 15) is 10.2 Å². The maximum absolute atomic E-state index is 9.82. The van der Waals surface area contributed by atoms with Crippen LogP contribution in [-0.4, -0.2) is 10.2 Å². The van der Waals surface area contributed by atoms with Crippen LogP contribution in [0.5, 0.6) is 11.5 Å². The molecule has 72 valence electrons. The van der Waals surface area contributed by atoms with Crippen molar-refractivity contribution in [3.8, 4) is 11.5 Å². The number of aromatic hydroxyl groups is 2. The predicted molar refractivity (Wildman–Crippen MR) is 59.7 cm³/mol. The Morgan fingerprint density at radius 2 is 1.50 bits per heavy atom. The second kappa shape index (κ2) is 3.17. The molecule has 0 spiro atoms. The van der Waals surface area contributed by atoms with Crippen LogP contribution in [0.4, 0.5) is 0 Å². The third kappa shape index (κ3) is 1.16. The van der Waals surface area contributed by atoms with E-state index in [0.717, 1.165) is 0 Å². The fourth-order valence-corrected chi connectivity index (χ4v) is 1.90. The van der Waals surface area contributed by atoms with E-state index in [2.05, 4.69) is 15.9 Å². The van der Waals surface area contributed by atoms with Crippen molar-refractivity contribution in [2.75, 3.05) is 0 Å². The summed E-state index contributed by atoms with van der Waals surface area (Å²) in [6.45, 7) is 1.76. The van der Waals surface area contributed by atoms with E-state index in [1.807, 2.05) is 12.1 Å². The molecule has 0 aliphatic rings. The highest BCUT2D eigenvalue weighted by Crippen LogP contribution is 2.41. The van der Waals surface area contributed by atoms with Gasteiger partial charge in [-0.05, 0) is 22.9 Å². The van der Waals surface area contributed by atoms with E-state index in [1.54, 1.807) is 19.1 Å². The van der Waals surface area contributed by atoms with Gasteiger partial charge < -0.3 is 10.2 Å². The van der Waals surface area contributed by atoms with Gasteiger partial charge in [-0.2, -0.15) is 0 Å². The van der Waals surface area contributed by atoms with Crippen molar-refractivity contribution >= 4 is 26.7 Å². The molecule has 0 radical (unpaired) electrons. The smallest absolute Gasteiger partial charge is 0.138 e. The van der Waals surface area contributed by atoms with E-state index in [0.29, 0.717) is 20.8 Å². The van der Waals surface area contributed by atoms with Gasteiger partial charge in [-0.3, -0.25) is 0 Å². The molecule has 0 aliphatic carbocycles. The van der Waals surface area contributed by atoms with Crippen LogP contribution in [0.3, 0.4) is 0 Å². The van der Waals surface area contributed by atoms with Crippen LogP contribution in [0.1, 0.15) is 5.56 Å². The Morgan fingerprint density at radius 1 is 1.00 bits per heavy atom. The fourth-order valence-electron chi connectivity index (χ4n) is 1.50. The van der Waals surface area contributed by atoms with E-state index >= 15 is 0 Å². The van der Waals surface area contributed by atoms with Crippen molar-refractivity contribution < 1.29 is 10.2 Å². The van der Waals surface area contributed by atoms with Crippen molar-refractivity contribution in [1.29, 1.82) is 0 Å². The van der Waals surface area contributed by atoms with E-state index < -0.39 is 0 Å². The predicted octanol–water partition coefficient (Wildman–Crippen LogP) is 3.32. The summed E-state index contributed by atoms with van der Waals surface area (Å²) < 4.78 is 0.550. The minimum atomic E-state index is 0.177. The molecule has 2 N–H and O–H groups in total.